The summed E-state index contributed by atoms with van der Waals surface area (Å²) in [6.07, 6.45) is 2.24. The molecule has 18 heavy (non-hydrogen) atoms. The van der Waals surface area contributed by atoms with Crippen molar-refractivity contribution in [3.63, 3.8) is 0 Å². The monoisotopic (exact) mass is 249 g/mol. The van der Waals surface area contributed by atoms with Gasteiger partial charge in [0.15, 0.2) is 0 Å². The molecule has 0 aliphatic carbocycles. The van der Waals surface area contributed by atoms with Gasteiger partial charge in [0.2, 0.25) is 5.91 Å². The average molecular weight is 249 g/mol. The van der Waals surface area contributed by atoms with E-state index < -0.39 is 0 Å². The Bertz CT molecular complexity index is 404. The van der Waals surface area contributed by atoms with Crippen molar-refractivity contribution in [2.75, 3.05) is 31.2 Å². The molecule has 0 spiro atoms. The number of likely N-dealkylation sites (N-methyl/N-ethyl adjacent to an activating group) is 1. The van der Waals surface area contributed by atoms with Crippen LogP contribution < -0.4 is 11.1 Å². The molecule has 1 rings (SSSR count). The van der Waals surface area contributed by atoms with Crippen molar-refractivity contribution in [1.82, 2.24) is 4.90 Å². The van der Waals surface area contributed by atoms with Crippen LogP contribution in [0.1, 0.15) is 25.3 Å². The Morgan fingerprint density at radius 1 is 1.44 bits per heavy atom. The van der Waals surface area contributed by atoms with Gasteiger partial charge in [-0.05, 0) is 44.6 Å². The van der Waals surface area contributed by atoms with Crippen LogP contribution in [0.2, 0.25) is 0 Å². The summed E-state index contributed by atoms with van der Waals surface area (Å²) in [5, 5.41) is 2.84. The van der Waals surface area contributed by atoms with E-state index in [0.717, 1.165) is 24.9 Å². The molecule has 4 heteroatoms. The zero-order valence-corrected chi connectivity index (χ0v) is 11.5. The summed E-state index contributed by atoms with van der Waals surface area (Å²) < 4.78 is 0. The molecule has 0 saturated heterocycles. The summed E-state index contributed by atoms with van der Waals surface area (Å²) in [5.41, 5.74) is 8.24. The van der Waals surface area contributed by atoms with Crippen molar-refractivity contribution < 1.29 is 4.79 Å². The van der Waals surface area contributed by atoms with E-state index in [1.165, 1.54) is 0 Å². The highest BCUT2D eigenvalue weighted by Gasteiger charge is 2.08. The van der Waals surface area contributed by atoms with Crippen LogP contribution in [0.4, 0.5) is 11.4 Å². The minimum atomic E-state index is -0.0239. The lowest BCUT2D eigenvalue weighted by Crippen LogP contribution is -2.31. The number of aryl methyl sites for hydroxylation is 1. The fourth-order valence-electron chi connectivity index (χ4n) is 1.74. The number of benzene rings is 1. The van der Waals surface area contributed by atoms with Gasteiger partial charge in [-0.3, -0.25) is 9.69 Å². The Balaban J connectivity index is 2.49. The summed E-state index contributed by atoms with van der Waals surface area (Å²) >= 11 is 0. The number of hydrogen-bond acceptors (Lipinski definition) is 3. The molecule has 0 heterocycles. The summed E-state index contributed by atoms with van der Waals surface area (Å²) in [7, 11) is 1.95. The van der Waals surface area contributed by atoms with Crippen LogP contribution in [0, 0.1) is 6.92 Å². The van der Waals surface area contributed by atoms with Gasteiger partial charge in [0.1, 0.15) is 0 Å². The van der Waals surface area contributed by atoms with Gasteiger partial charge in [0.25, 0.3) is 0 Å². The minimum absolute atomic E-state index is 0.0239. The van der Waals surface area contributed by atoms with Gasteiger partial charge in [0, 0.05) is 0 Å². The van der Waals surface area contributed by atoms with Gasteiger partial charge >= 0.3 is 0 Å². The summed E-state index contributed by atoms with van der Waals surface area (Å²) in [5.74, 6) is -0.0239. The van der Waals surface area contributed by atoms with E-state index in [1.54, 1.807) is 0 Å². The largest absolute Gasteiger partial charge is 0.397 e. The minimum Gasteiger partial charge on any atom is -0.397 e. The second-order valence-corrected chi connectivity index (χ2v) is 4.73. The maximum Gasteiger partial charge on any atom is 0.238 e. The molecule has 0 aliphatic rings. The first-order valence-electron chi connectivity index (χ1n) is 6.37. The van der Waals surface area contributed by atoms with Gasteiger partial charge in [-0.1, -0.05) is 19.4 Å². The van der Waals surface area contributed by atoms with Crippen LogP contribution in [-0.4, -0.2) is 30.9 Å². The molecule has 0 aromatic heterocycles. The maximum atomic E-state index is 11.8. The van der Waals surface area contributed by atoms with Gasteiger partial charge in [0.05, 0.1) is 17.9 Å². The first kappa shape index (κ1) is 14.5. The molecule has 4 nitrogen and oxygen atoms in total. The number of rotatable bonds is 6. The van der Waals surface area contributed by atoms with Gasteiger partial charge < -0.3 is 11.1 Å². The molecule has 0 fully saturated rings. The summed E-state index contributed by atoms with van der Waals surface area (Å²) in [6, 6.07) is 5.64. The molecule has 0 aliphatic heterocycles. The second-order valence-electron chi connectivity index (χ2n) is 4.73. The Labute approximate surface area is 109 Å². The topological polar surface area (TPSA) is 58.4 Å². The number of hydrogen-bond donors (Lipinski definition) is 2. The Morgan fingerprint density at radius 2 is 2.17 bits per heavy atom. The highest BCUT2D eigenvalue weighted by Crippen LogP contribution is 2.19. The SMILES string of the molecule is CCCCN(C)CC(=O)Nc1ccc(C)cc1N. The Hall–Kier alpha value is -1.55. The molecule has 0 atom stereocenters. The fraction of sp³-hybridized carbons (Fsp3) is 0.500. The van der Waals surface area contributed by atoms with Crippen molar-refractivity contribution >= 4 is 17.3 Å². The summed E-state index contributed by atoms with van der Waals surface area (Å²) in [6.45, 7) is 5.45. The molecular weight excluding hydrogens is 226 g/mol. The fourth-order valence-corrected chi connectivity index (χ4v) is 1.74. The highest BCUT2D eigenvalue weighted by atomic mass is 16.2. The van der Waals surface area contributed by atoms with Crippen molar-refractivity contribution in [2.24, 2.45) is 0 Å². The highest BCUT2D eigenvalue weighted by molar-refractivity contribution is 5.95. The van der Waals surface area contributed by atoms with E-state index in [-0.39, 0.29) is 5.91 Å². The lowest BCUT2D eigenvalue weighted by atomic mass is 10.2. The van der Waals surface area contributed by atoms with Crippen LogP contribution in [0.3, 0.4) is 0 Å². The number of amides is 1. The van der Waals surface area contributed by atoms with Crippen LogP contribution >= 0.6 is 0 Å². The van der Waals surface area contributed by atoms with E-state index in [2.05, 4.69) is 12.2 Å². The normalized spacial score (nSPS) is 10.7. The number of carbonyl (C=O) groups is 1. The standard InChI is InChI=1S/C14H23N3O/c1-4-5-8-17(3)10-14(18)16-13-7-6-11(2)9-12(13)15/h6-7,9H,4-5,8,10,15H2,1-3H3,(H,16,18). The number of nitrogens with two attached hydrogens (primary N) is 1. The van der Waals surface area contributed by atoms with E-state index in [1.807, 2.05) is 37.1 Å². The third kappa shape index (κ3) is 4.75. The van der Waals surface area contributed by atoms with Crippen LogP contribution in [-0.2, 0) is 4.79 Å². The van der Waals surface area contributed by atoms with E-state index in [0.29, 0.717) is 17.9 Å². The lowest BCUT2D eigenvalue weighted by molar-refractivity contribution is -0.117. The zero-order valence-electron chi connectivity index (χ0n) is 11.5. The second kappa shape index (κ2) is 7.01. The van der Waals surface area contributed by atoms with Gasteiger partial charge in [-0.2, -0.15) is 0 Å². The van der Waals surface area contributed by atoms with Crippen molar-refractivity contribution in [2.45, 2.75) is 26.7 Å². The first-order valence-corrected chi connectivity index (χ1v) is 6.37. The molecular formula is C14H23N3O. The number of nitrogens with one attached hydrogen (secondary N) is 1. The number of nitrogens with zero attached hydrogens (tertiary/aromatic N) is 1. The molecule has 1 amide bonds. The quantitative estimate of drug-likeness (QED) is 0.760. The third-order valence-electron chi connectivity index (χ3n) is 2.79. The number of nitrogen functional groups attached to an aromatic ring is 1. The number of carbonyl (C=O) groups excluding carboxylic acids is 1. The Morgan fingerprint density at radius 3 is 2.78 bits per heavy atom. The number of unbranched alkanes of at least 4 members (excludes halogenated alkanes) is 1. The molecule has 0 unspecified atom stereocenters. The van der Waals surface area contributed by atoms with Crippen molar-refractivity contribution in [3.05, 3.63) is 23.8 Å². The van der Waals surface area contributed by atoms with Gasteiger partial charge in [-0.25, -0.2) is 0 Å². The number of anilines is 2. The third-order valence-corrected chi connectivity index (χ3v) is 2.79. The predicted octanol–water partition coefficient (Wildman–Crippen LogP) is 2.25. The molecule has 0 bridgehead atoms. The predicted molar refractivity (Wildman–Crippen MR) is 76.6 cm³/mol. The Kier molecular flexibility index (Phi) is 5.65. The van der Waals surface area contributed by atoms with Crippen molar-refractivity contribution in [3.8, 4) is 0 Å². The van der Waals surface area contributed by atoms with Crippen LogP contribution in [0.25, 0.3) is 0 Å². The molecule has 3 N–H and O–H groups in total. The molecule has 1 aromatic carbocycles. The summed E-state index contributed by atoms with van der Waals surface area (Å²) in [4.78, 5) is 13.8. The molecule has 100 valence electrons. The van der Waals surface area contributed by atoms with E-state index in [9.17, 15) is 4.79 Å². The van der Waals surface area contributed by atoms with E-state index >= 15 is 0 Å². The molecule has 1 aromatic rings. The zero-order chi connectivity index (χ0) is 13.5. The van der Waals surface area contributed by atoms with Crippen LogP contribution in [0.5, 0.6) is 0 Å². The van der Waals surface area contributed by atoms with E-state index in [4.69, 9.17) is 5.73 Å². The molecule has 0 saturated carbocycles. The first-order chi connectivity index (χ1) is 8.52. The average Bonchev–Trinajstić information content (AvgIpc) is 2.30. The maximum absolute atomic E-state index is 11.8. The van der Waals surface area contributed by atoms with Gasteiger partial charge in [-0.15, -0.1) is 0 Å². The van der Waals surface area contributed by atoms with Crippen molar-refractivity contribution in [1.29, 1.82) is 0 Å². The smallest absolute Gasteiger partial charge is 0.238 e. The molecule has 0 radical (unpaired) electrons. The lowest BCUT2D eigenvalue weighted by Gasteiger charge is -2.16. The van der Waals surface area contributed by atoms with Crippen LogP contribution in [0.15, 0.2) is 18.2 Å².